The van der Waals surface area contributed by atoms with Crippen molar-refractivity contribution in [1.29, 1.82) is 0 Å². The molecule has 0 aliphatic heterocycles. The van der Waals surface area contributed by atoms with Crippen LogP contribution in [0.25, 0.3) is 0 Å². The molecular formula is C7H12BrN3. The highest BCUT2D eigenvalue weighted by Gasteiger charge is 1.97. The Morgan fingerprint density at radius 2 is 2.36 bits per heavy atom. The van der Waals surface area contributed by atoms with Crippen molar-refractivity contribution in [3.63, 3.8) is 0 Å². The second-order valence-electron chi connectivity index (χ2n) is 2.68. The Kier molecular flexibility index (Phi) is 3.08. The van der Waals surface area contributed by atoms with E-state index >= 15 is 0 Å². The Morgan fingerprint density at radius 3 is 2.82 bits per heavy atom. The van der Waals surface area contributed by atoms with E-state index in [1.165, 1.54) is 0 Å². The molecule has 0 unspecified atom stereocenters. The van der Waals surface area contributed by atoms with Gasteiger partial charge < -0.3 is 4.90 Å². The lowest BCUT2D eigenvalue weighted by atomic mass is 10.6. The fourth-order valence-electron chi connectivity index (χ4n) is 0.776. The molecule has 1 aromatic rings. The maximum Gasteiger partial charge on any atom is 0.104 e. The van der Waals surface area contributed by atoms with Crippen LogP contribution in [0.15, 0.2) is 16.9 Å². The highest BCUT2D eigenvalue weighted by molar-refractivity contribution is 9.10. The Bertz CT molecular complexity index is 219. The summed E-state index contributed by atoms with van der Waals surface area (Å²) in [7, 11) is 4.11. The van der Waals surface area contributed by atoms with Gasteiger partial charge in [-0.2, -0.15) is 5.10 Å². The van der Waals surface area contributed by atoms with Crippen LogP contribution in [0, 0.1) is 0 Å². The van der Waals surface area contributed by atoms with Crippen molar-refractivity contribution in [3.8, 4) is 0 Å². The Labute approximate surface area is 75.1 Å². The second-order valence-corrected chi connectivity index (χ2v) is 3.49. The number of rotatable bonds is 3. The van der Waals surface area contributed by atoms with E-state index in [4.69, 9.17) is 0 Å². The summed E-state index contributed by atoms with van der Waals surface area (Å²) in [6, 6.07) is 1.94. The number of halogens is 1. The van der Waals surface area contributed by atoms with E-state index in [1.807, 2.05) is 10.7 Å². The lowest BCUT2D eigenvalue weighted by Gasteiger charge is -2.09. The third-order valence-electron chi connectivity index (χ3n) is 1.42. The molecule has 1 aromatic heterocycles. The largest absolute Gasteiger partial charge is 0.308 e. The summed E-state index contributed by atoms with van der Waals surface area (Å²) in [5.41, 5.74) is 0. The maximum absolute atomic E-state index is 4.13. The van der Waals surface area contributed by atoms with Crippen LogP contribution in [-0.2, 0) is 6.54 Å². The number of hydrogen-bond acceptors (Lipinski definition) is 2. The predicted octanol–water partition coefficient (Wildman–Crippen LogP) is 1.21. The van der Waals surface area contributed by atoms with E-state index in [1.54, 1.807) is 6.20 Å². The minimum atomic E-state index is 0.931. The van der Waals surface area contributed by atoms with E-state index in [0.717, 1.165) is 17.7 Å². The molecule has 0 saturated heterocycles. The zero-order valence-electron chi connectivity index (χ0n) is 6.79. The molecule has 0 bridgehead atoms. The van der Waals surface area contributed by atoms with Gasteiger partial charge in [0.1, 0.15) is 4.60 Å². The van der Waals surface area contributed by atoms with Crippen LogP contribution in [0.5, 0.6) is 0 Å². The first-order valence-corrected chi connectivity index (χ1v) is 4.31. The molecule has 0 aromatic carbocycles. The highest BCUT2D eigenvalue weighted by Crippen LogP contribution is 2.06. The van der Waals surface area contributed by atoms with E-state index < -0.39 is 0 Å². The molecule has 11 heavy (non-hydrogen) atoms. The van der Waals surface area contributed by atoms with Crippen molar-refractivity contribution in [2.75, 3.05) is 20.6 Å². The number of hydrogen-bond donors (Lipinski definition) is 0. The van der Waals surface area contributed by atoms with Crippen LogP contribution in [0.3, 0.4) is 0 Å². The first kappa shape index (κ1) is 8.74. The Hall–Kier alpha value is -0.350. The van der Waals surface area contributed by atoms with Gasteiger partial charge in [0.15, 0.2) is 0 Å². The summed E-state index contributed by atoms with van der Waals surface area (Å²) in [4.78, 5) is 2.13. The van der Waals surface area contributed by atoms with Gasteiger partial charge in [-0.25, -0.2) is 0 Å². The van der Waals surface area contributed by atoms with Gasteiger partial charge in [-0.3, -0.25) is 4.68 Å². The van der Waals surface area contributed by atoms with Gasteiger partial charge in [-0.1, -0.05) is 0 Å². The second kappa shape index (κ2) is 3.88. The Morgan fingerprint density at radius 1 is 1.64 bits per heavy atom. The number of nitrogens with zero attached hydrogens (tertiary/aromatic N) is 3. The van der Waals surface area contributed by atoms with E-state index in [-0.39, 0.29) is 0 Å². The fourth-order valence-corrected chi connectivity index (χ4v) is 1.16. The topological polar surface area (TPSA) is 21.1 Å². The average Bonchev–Trinajstić information content (AvgIpc) is 2.31. The average molecular weight is 218 g/mol. The molecule has 0 amide bonds. The van der Waals surface area contributed by atoms with Gasteiger partial charge in [-0.15, -0.1) is 0 Å². The summed E-state index contributed by atoms with van der Waals surface area (Å²) in [5, 5.41) is 4.13. The fraction of sp³-hybridized carbons (Fsp3) is 0.571. The van der Waals surface area contributed by atoms with E-state index in [9.17, 15) is 0 Å². The third kappa shape index (κ3) is 2.63. The molecule has 0 fully saturated rings. The first-order valence-electron chi connectivity index (χ1n) is 3.52. The molecule has 0 spiro atoms. The van der Waals surface area contributed by atoms with Gasteiger partial charge >= 0.3 is 0 Å². The molecular weight excluding hydrogens is 206 g/mol. The summed E-state index contributed by atoms with van der Waals surface area (Å²) in [5.74, 6) is 0. The van der Waals surface area contributed by atoms with Crippen molar-refractivity contribution in [2.24, 2.45) is 0 Å². The van der Waals surface area contributed by atoms with Gasteiger partial charge in [0.05, 0.1) is 12.7 Å². The zero-order valence-corrected chi connectivity index (χ0v) is 8.37. The van der Waals surface area contributed by atoms with Crippen LogP contribution in [-0.4, -0.2) is 35.3 Å². The van der Waals surface area contributed by atoms with E-state index in [0.29, 0.717) is 0 Å². The first-order chi connectivity index (χ1) is 5.20. The molecule has 0 aliphatic rings. The molecule has 1 rings (SSSR count). The Balaban J connectivity index is 2.44. The number of likely N-dealkylation sites (N-methyl/N-ethyl adjacent to an activating group) is 1. The molecule has 0 aliphatic carbocycles. The van der Waals surface area contributed by atoms with Crippen molar-refractivity contribution in [2.45, 2.75) is 6.54 Å². The summed E-state index contributed by atoms with van der Waals surface area (Å²) in [6.45, 7) is 1.95. The molecule has 0 saturated carbocycles. The minimum absolute atomic E-state index is 0.931. The monoisotopic (exact) mass is 217 g/mol. The molecule has 3 nitrogen and oxygen atoms in total. The lowest BCUT2D eigenvalue weighted by molar-refractivity contribution is 0.371. The van der Waals surface area contributed by atoms with Crippen molar-refractivity contribution >= 4 is 15.9 Å². The summed E-state index contributed by atoms with van der Waals surface area (Å²) < 4.78 is 2.97. The van der Waals surface area contributed by atoms with Crippen LogP contribution < -0.4 is 0 Å². The zero-order chi connectivity index (χ0) is 8.27. The van der Waals surface area contributed by atoms with E-state index in [2.05, 4.69) is 40.0 Å². The minimum Gasteiger partial charge on any atom is -0.308 e. The third-order valence-corrected chi connectivity index (χ3v) is 2.10. The molecule has 1 heterocycles. The summed E-state index contributed by atoms with van der Waals surface area (Å²) in [6.07, 6.45) is 1.79. The molecule has 0 N–H and O–H groups in total. The normalized spacial score (nSPS) is 10.9. The van der Waals surface area contributed by atoms with Crippen molar-refractivity contribution in [1.82, 2.24) is 14.7 Å². The van der Waals surface area contributed by atoms with Gasteiger partial charge in [0.25, 0.3) is 0 Å². The number of aromatic nitrogens is 2. The van der Waals surface area contributed by atoms with Gasteiger partial charge in [0.2, 0.25) is 0 Å². The molecule has 62 valence electrons. The van der Waals surface area contributed by atoms with Crippen LogP contribution in [0.1, 0.15) is 0 Å². The molecule has 4 heteroatoms. The summed E-state index contributed by atoms with van der Waals surface area (Å²) >= 11 is 3.40. The standard InChI is InChI=1S/C7H12BrN3/c1-10(2)5-6-11-7(8)3-4-9-11/h3-4H,5-6H2,1-2H3. The van der Waals surface area contributed by atoms with Gasteiger partial charge in [-0.05, 0) is 36.1 Å². The van der Waals surface area contributed by atoms with Crippen LogP contribution in [0.4, 0.5) is 0 Å². The quantitative estimate of drug-likeness (QED) is 0.760. The molecule has 0 radical (unpaired) electrons. The predicted molar refractivity (Wildman–Crippen MR) is 48.5 cm³/mol. The van der Waals surface area contributed by atoms with Gasteiger partial charge in [0, 0.05) is 6.54 Å². The lowest BCUT2D eigenvalue weighted by Crippen LogP contribution is -2.19. The van der Waals surface area contributed by atoms with Crippen LogP contribution in [0.2, 0.25) is 0 Å². The van der Waals surface area contributed by atoms with Crippen LogP contribution >= 0.6 is 15.9 Å². The van der Waals surface area contributed by atoms with Crippen molar-refractivity contribution < 1.29 is 0 Å². The van der Waals surface area contributed by atoms with Crippen molar-refractivity contribution in [3.05, 3.63) is 16.9 Å². The smallest absolute Gasteiger partial charge is 0.104 e. The SMILES string of the molecule is CN(C)CCn1nccc1Br. The maximum atomic E-state index is 4.13. The molecule has 0 atom stereocenters. The highest BCUT2D eigenvalue weighted by atomic mass is 79.9.